The monoisotopic (exact) mass is 484 g/mol. The molecule has 8 aromatic rings. The normalized spacial score (nSPS) is 11.8. The van der Waals surface area contributed by atoms with Gasteiger partial charge in [-0.25, -0.2) is 0 Å². The van der Waals surface area contributed by atoms with E-state index in [1.807, 2.05) is 0 Å². The van der Waals surface area contributed by atoms with Crippen LogP contribution in [0, 0.1) is 0 Å². The zero-order valence-electron chi connectivity index (χ0n) is 21.0. The molecule has 0 fully saturated rings. The van der Waals surface area contributed by atoms with Crippen LogP contribution >= 0.6 is 0 Å². The number of ether oxygens (including phenoxy) is 1. The summed E-state index contributed by atoms with van der Waals surface area (Å²) in [6.07, 6.45) is 0. The minimum atomic E-state index is 0.917. The van der Waals surface area contributed by atoms with E-state index in [0.29, 0.717) is 0 Å². The van der Waals surface area contributed by atoms with Gasteiger partial charge in [0.1, 0.15) is 5.75 Å². The van der Waals surface area contributed by atoms with Gasteiger partial charge in [0, 0.05) is 10.8 Å². The zero-order chi connectivity index (χ0) is 25.2. The number of hydrogen-bond donors (Lipinski definition) is 0. The largest absolute Gasteiger partial charge is 0.496 e. The van der Waals surface area contributed by atoms with Crippen LogP contribution in [0.4, 0.5) is 0 Å². The molecule has 0 bridgehead atoms. The topological polar surface area (TPSA) is 9.23 Å². The Kier molecular flexibility index (Phi) is 4.50. The van der Waals surface area contributed by atoms with Crippen LogP contribution in [0.15, 0.2) is 127 Å². The summed E-state index contributed by atoms with van der Waals surface area (Å²) >= 11 is 0. The van der Waals surface area contributed by atoms with Crippen LogP contribution in [0.3, 0.4) is 0 Å². The summed E-state index contributed by atoms with van der Waals surface area (Å²) in [5, 5.41) is 12.6. The average molecular weight is 485 g/mol. The van der Waals surface area contributed by atoms with Gasteiger partial charge in [-0.05, 0) is 77.5 Å². The fourth-order valence-electron chi connectivity index (χ4n) is 6.50. The van der Waals surface area contributed by atoms with Crippen LogP contribution in [-0.2, 0) is 0 Å². The first-order valence-corrected chi connectivity index (χ1v) is 13.1. The smallest absolute Gasteiger partial charge is 0.126 e. The summed E-state index contributed by atoms with van der Waals surface area (Å²) in [5.74, 6) is 0.917. The van der Waals surface area contributed by atoms with Crippen molar-refractivity contribution in [2.75, 3.05) is 7.11 Å². The Morgan fingerprint density at radius 2 is 0.895 bits per heavy atom. The zero-order valence-corrected chi connectivity index (χ0v) is 21.0. The molecule has 0 saturated carbocycles. The van der Waals surface area contributed by atoms with Gasteiger partial charge in [-0.15, -0.1) is 0 Å². The van der Waals surface area contributed by atoms with Crippen LogP contribution in [0.2, 0.25) is 0 Å². The van der Waals surface area contributed by atoms with Crippen LogP contribution < -0.4 is 4.74 Å². The molecule has 0 aliphatic heterocycles. The van der Waals surface area contributed by atoms with Gasteiger partial charge in [-0.1, -0.05) is 115 Å². The van der Waals surface area contributed by atoms with Gasteiger partial charge in [-0.3, -0.25) is 0 Å². The molecule has 1 nitrogen and oxygen atoms in total. The Balaban J connectivity index is 1.57. The fourth-order valence-corrected chi connectivity index (χ4v) is 6.50. The molecule has 0 saturated heterocycles. The average Bonchev–Trinajstić information content (AvgIpc) is 2.99. The highest BCUT2D eigenvalue weighted by Crippen LogP contribution is 2.47. The lowest BCUT2D eigenvalue weighted by atomic mass is 9.83. The second kappa shape index (κ2) is 8.06. The van der Waals surface area contributed by atoms with E-state index in [4.69, 9.17) is 4.74 Å². The van der Waals surface area contributed by atoms with Crippen LogP contribution in [0.25, 0.3) is 76.1 Å². The van der Waals surface area contributed by atoms with Crippen molar-refractivity contribution in [3.05, 3.63) is 127 Å². The van der Waals surface area contributed by atoms with Crippen LogP contribution in [0.5, 0.6) is 5.75 Å². The minimum Gasteiger partial charge on any atom is -0.496 e. The lowest BCUT2D eigenvalue weighted by Crippen LogP contribution is -1.93. The Bertz CT molecular complexity index is 2100. The molecule has 8 aromatic carbocycles. The number of rotatable bonds is 3. The summed E-state index contributed by atoms with van der Waals surface area (Å²) in [6, 6.07) is 46.4. The van der Waals surface area contributed by atoms with Gasteiger partial charge in [-0.2, -0.15) is 0 Å². The van der Waals surface area contributed by atoms with Crippen molar-refractivity contribution in [3.63, 3.8) is 0 Å². The molecule has 0 aliphatic carbocycles. The molecule has 0 spiro atoms. The standard InChI is InChI=1S/C37H24O/c1-38-33-22-18-25-15-19-30-31(20-16-24-17-21-32(33)36(25)35(24)30)37-28-13-7-5-11-26(28)34(23-9-3-2-4-10-23)27-12-6-8-14-29(27)37/h2-22H,1H3. The maximum absolute atomic E-state index is 5.76. The molecule has 0 heterocycles. The van der Waals surface area contributed by atoms with E-state index < -0.39 is 0 Å². The number of hydrogen-bond acceptors (Lipinski definition) is 1. The molecule has 8 rings (SSSR count). The Hall–Kier alpha value is -4.88. The maximum atomic E-state index is 5.76. The van der Waals surface area contributed by atoms with Crippen molar-refractivity contribution >= 4 is 53.9 Å². The van der Waals surface area contributed by atoms with Crippen molar-refractivity contribution in [1.82, 2.24) is 0 Å². The SMILES string of the molecule is COc1ccc2ccc3c(-c4c5ccccc5c(-c5ccccc5)c5ccccc45)ccc4ccc1c2c43. The van der Waals surface area contributed by atoms with E-state index in [1.165, 1.54) is 70.7 Å². The summed E-state index contributed by atoms with van der Waals surface area (Å²) in [5.41, 5.74) is 5.10. The van der Waals surface area contributed by atoms with Gasteiger partial charge in [0.05, 0.1) is 7.11 Å². The third-order valence-electron chi connectivity index (χ3n) is 8.11. The number of benzene rings is 8. The first-order valence-electron chi connectivity index (χ1n) is 13.1. The van der Waals surface area contributed by atoms with E-state index in [2.05, 4.69) is 127 Å². The lowest BCUT2D eigenvalue weighted by molar-refractivity contribution is 0.420. The second-order valence-corrected chi connectivity index (χ2v) is 10.0. The summed E-state index contributed by atoms with van der Waals surface area (Å²) in [4.78, 5) is 0. The lowest BCUT2D eigenvalue weighted by Gasteiger charge is -2.20. The van der Waals surface area contributed by atoms with Crippen molar-refractivity contribution in [2.45, 2.75) is 0 Å². The Morgan fingerprint density at radius 1 is 0.395 bits per heavy atom. The molecule has 0 aliphatic rings. The summed E-state index contributed by atoms with van der Waals surface area (Å²) in [6.45, 7) is 0. The molecule has 1 heteroatoms. The molecular weight excluding hydrogens is 460 g/mol. The van der Waals surface area contributed by atoms with Crippen molar-refractivity contribution in [2.24, 2.45) is 0 Å². The molecular formula is C37H24O. The third-order valence-corrected chi connectivity index (χ3v) is 8.11. The third kappa shape index (κ3) is 2.87. The molecule has 0 aromatic heterocycles. The summed E-state index contributed by atoms with van der Waals surface area (Å²) in [7, 11) is 1.75. The maximum Gasteiger partial charge on any atom is 0.126 e. The van der Waals surface area contributed by atoms with Crippen molar-refractivity contribution < 1.29 is 4.74 Å². The van der Waals surface area contributed by atoms with E-state index >= 15 is 0 Å². The molecule has 0 radical (unpaired) electrons. The van der Waals surface area contributed by atoms with Gasteiger partial charge < -0.3 is 4.74 Å². The van der Waals surface area contributed by atoms with Crippen LogP contribution in [0.1, 0.15) is 0 Å². The molecule has 0 amide bonds. The van der Waals surface area contributed by atoms with Crippen molar-refractivity contribution in [3.8, 4) is 28.0 Å². The predicted octanol–water partition coefficient (Wildman–Crippen LogP) is 10.2. The Labute approximate surface area is 220 Å². The highest BCUT2D eigenvalue weighted by Gasteiger charge is 2.19. The van der Waals surface area contributed by atoms with Gasteiger partial charge >= 0.3 is 0 Å². The van der Waals surface area contributed by atoms with Crippen LogP contribution in [-0.4, -0.2) is 7.11 Å². The first kappa shape index (κ1) is 21.2. The summed E-state index contributed by atoms with van der Waals surface area (Å²) < 4.78 is 5.76. The number of methoxy groups -OCH3 is 1. The van der Waals surface area contributed by atoms with Gasteiger partial charge in [0.25, 0.3) is 0 Å². The van der Waals surface area contributed by atoms with E-state index in [1.54, 1.807) is 7.11 Å². The number of fused-ring (bicyclic) bond motifs is 2. The highest BCUT2D eigenvalue weighted by atomic mass is 16.5. The quantitative estimate of drug-likeness (QED) is 0.179. The van der Waals surface area contributed by atoms with Gasteiger partial charge in [0.2, 0.25) is 0 Å². The molecule has 38 heavy (non-hydrogen) atoms. The van der Waals surface area contributed by atoms with E-state index in [-0.39, 0.29) is 0 Å². The molecule has 0 atom stereocenters. The van der Waals surface area contributed by atoms with Gasteiger partial charge in [0.15, 0.2) is 0 Å². The fraction of sp³-hybridized carbons (Fsp3) is 0.0270. The van der Waals surface area contributed by atoms with E-state index in [0.717, 1.165) is 11.1 Å². The second-order valence-electron chi connectivity index (χ2n) is 10.0. The predicted molar refractivity (Wildman–Crippen MR) is 163 cm³/mol. The molecule has 178 valence electrons. The van der Waals surface area contributed by atoms with E-state index in [9.17, 15) is 0 Å². The Morgan fingerprint density at radius 3 is 1.53 bits per heavy atom. The highest BCUT2D eigenvalue weighted by molar-refractivity contribution is 6.29. The first-order chi connectivity index (χ1) is 18.8. The molecule has 0 N–H and O–H groups in total. The molecule has 0 unspecified atom stereocenters. The van der Waals surface area contributed by atoms with Crippen molar-refractivity contribution in [1.29, 1.82) is 0 Å². The minimum absolute atomic E-state index is 0.917.